The fourth-order valence-electron chi connectivity index (χ4n) is 1.35. The Morgan fingerprint density at radius 2 is 2.20 bits per heavy atom. The van der Waals surface area contributed by atoms with Crippen LogP contribution < -0.4 is 5.56 Å². The summed E-state index contributed by atoms with van der Waals surface area (Å²) in [5, 5.41) is 0. The van der Waals surface area contributed by atoms with Gasteiger partial charge in [-0.3, -0.25) is 9.20 Å². The molecule has 2 rings (SSSR count). The molecule has 15 heavy (non-hydrogen) atoms. The van der Waals surface area contributed by atoms with Crippen LogP contribution in [0.25, 0.3) is 5.65 Å². The molecule has 78 valence electrons. The van der Waals surface area contributed by atoms with Gasteiger partial charge in [0.25, 0.3) is 5.56 Å². The average molecular weight is 332 g/mol. The van der Waals surface area contributed by atoms with Crippen LogP contribution in [0.5, 0.6) is 0 Å². The molecule has 0 aliphatic carbocycles. The van der Waals surface area contributed by atoms with E-state index in [0.717, 1.165) is 5.69 Å². The summed E-state index contributed by atoms with van der Waals surface area (Å²) in [4.78, 5) is 16.4. The van der Waals surface area contributed by atoms with Crippen molar-refractivity contribution in [3.05, 3.63) is 44.9 Å². The molecule has 2 aromatic rings. The van der Waals surface area contributed by atoms with Gasteiger partial charge in [0.15, 0.2) is 0 Å². The third-order valence-corrected chi connectivity index (χ3v) is 3.26. The van der Waals surface area contributed by atoms with Gasteiger partial charge in [-0.25, -0.2) is 4.98 Å². The maximum Gasteiger partial charge on any atom is 0.272 e. The molecule has 0 spiro atoms. The van der Waals surface area contributed by atoms with Crippen molar-refractivity contribution in [3.8, 4) is 0 Å². The zero-order chi connectivity index (χ0) is 11.0. The van der Waals surface area contributed by atoms with E-state index >= 15 is 0 Å². The normalized spacial score (nSPS) is 13.0. The summed E-state index contributed by atoms with van der Waals surface area (Å²) in [6.45, 7) is 1.94. The van der Waals surface area contributed by atoms with Crippen molar-refractivity contribution in [2.75, 3.05) is 0 Å². The topological polar surface area (TPSA) is 34.4 Å². The van der Waals surface area contributed by atoms with Gasteiger partial charge in [-0.05, 0) is 35.0 Å². The molecule has 0 N–H and O–H groups in total. The fourth-order valence-corrected chi connectivity index (χ4v) is 2.61. The molecular formula is C10H8Br2N2O. The van der Waals surface area contributed by atoms with Crippen molar-refractivity contribution >= 4 is 37.5 Å². The molecule has 2 heterocycles. The molecule has 1 unspecified atom stereocenters. The molecule has 0 amide bonds. The lowest BCUT2D eigenvalue weighted by atomic mass is 10.3. The van der Waals surface area contributed by atoms with Gasteiger partial charge in [-0.1, -0.05) is 22.0 Å². The SMILES string of the molecule is CC(Br)c1nc2ccccn2c(=O)c1Br. The van der Waals surface area contributed by atoms with E-state index in [-0.39, 0.29) is 10.4 Å². The van der Waals surface area contributed by atoms with Crippen molar-refractivity contribution in [3.63, 3.8) is 0 Å². The van der Waals surface area contributed by atoms with Gasteiger partial charge >= 0.3 is 0 Å². The molecule has 1 atom stereocenters. The van der Waals surface area contributed by atoms with E-state index in [1.807, 2.05) is 19.1 Å². The molecule has 3 nitrogen and oxygen atoms in total. The Morgan fingerprint density at radius 3 is 2.87 bits per heavy atom. The highest BCUT2D eigenvalue weighted by Gasteiger charge is 2.13. The number of halogens is 2. The van der Waals surface area contributed by atoms with Gasteiger partial charge in [-0.15, -0.1) is 0 Å². The first-order valence-electron chi connectivity index (χ1n) is 4.42. The third-order valence-electron chi connectivity index (χ3n) is 2.08. The number of rotatable bonds is 1. The summed E-state index contributed by atoms with van der Waals surface area (Å²) in [5.41, 5.74) is 1.31. The maximum atomic E-state index is 11.9. The standard InChI is InChI=1S/C10H8Br2N2O/c1-6(11)9-8(12)10(15)14-5-3-2-4-7(14)13-9/h2-6H,1H3. The monoisotopic (exact) mass is 330 g/mol. The Balaban J connectivity index is 2.89. The van der Waals surface area contributed by atoms with E-state index in [4.69, 9.17) is 0 Å². The van der Waals surface area contributed by atoms with Crippen LogP contribution >= 0.6 is 31.9 Å². The summed E-state index contributed by atoms with van der Waals surface area (Å²) in [5.74, 6) is 0. The molecule has 2 aromatic heterocycles. The second-order valence-corrected chi connectivity index (χ2v) is 5.33. The highest BCUT2D eigenvalue weighted by atomic mass is 79.9. The minimum absolute atomic E-state index is 0.0461. The van der Waals surface area contributed by atoms with E-state index in [0.29, 0.717) is 10.1 Å². The smallest absolute Gasteiger partial charge is 0.268 e. The second kappa shape index (κ2) is 4.06. The van der Waals surface area contributed by atoms with Gasteiger partial charge in [0.05, 0.1) is 10.5 Å². The predicted molar refractivity (Wildman–Crippen MR) is 66.5 cm³/mol. The molecular weight excluding hydrogens is 324 g/mol. The summed E-state index contributed by atoms with van der Waals surface area (Å²) in [6, 6.07) is 5.48. The molecule has 0 saturated carbocycles. The van der Waals surface area contributed by atoms with Crippen LogP contribution in [0.1, 0.15) is 17.4 Å². The molecule has 0 bridgehead atoms. The number of hydrogen-bond acceptors (Lipinski definition) is 2. The van der Waals surface area contributed by atoms with Crippen LogP contribution in [0, 0.1) is 0 Å². The van der Waals surface area contributed by atoms with Crippen LogP contribution in [0.4, 0.5) is 0 Å². The number of hydrogen-bond donors (Lipinski definition) is 0. The Kier molecular flexibility index (Phi) is 2.93. The minimum atomic E-state index is -0.0816. The number of nitrogens with zero attached hydrogens (tertiary/aromatic N) is 2. The van der Waals surface area contributed by atoms with Crippen LogP contribution in [-0.2, 0) is 0 Å². The lowest BCUT2D eigenvalue weighted by Crippen LogP contribution is -2.18. The Hall–Kier alpha value is -0.680. The summed E-state index contributed by atoms with van der Waals surface area (Å²) >= 11 is 6.69. The van der Waals surface area contributed by atoms with Crippen LogP contribution in [0.3, 0.4) is 0 Å². The number of aromatic nitrogens is 2. The number of pyridine rings is 1. The van der Waals surface area contributed by atoms with Crippen molar-refractivity contribution in [1.82, 2.24) is 9.38 Å². The first kappa shape index (κ1) is 10.8. The van der Waals surface area contributed by atoms with E-state index in [9.17, 15) is 4.79 Å². The molecule has 0 fully saturated rings. The summed E-state index contributed by atoms with van der Waals surface area (Å²) in [7, 11) is 0. The lowest BCUT2D eigenvalue weighted by molar-refractivity contribution is 0.944. The number of alkyl halides is 1. The first-order chi connectivity index (χ1) is 7.11. The Labute approximate surface area is 103 Å². The lowest BCUT2D eigenvalue weighted by Gasteiger charge is -2.07. The molecule has 0 aliphatic heterocycles. The molecule has 0 radical (unpaired) electrons. The molecule has 0 aromatic carbocycles. The van der Waals surface area contributed by atoms with Crippen LogP contribution in [-0.4, -0.2) is 9.38 Å². The van der Waals surface area contributed by atoms with Crippen molar-refractivity contribution < 1.29 is 0 Å². The third kappa shape index (κ3) is 1.86. The van der Waals surface area contributed by atoms with E-state index in [2.05, 4.69) is 36.8 Å². The highest BCUT2D eigenvalue weighted by molar-refractivity contribution is 9.11. The molecule has 0 saturated heterocycles. The van der Waals surface area contributed by atoms with Crippen molar-refractivity contribution in [2.24, 2.45) is 0 Å². The van der Waals surface area contributed by atoms with Gasteiger partial charge in [0.1, 0.15) is 10.1 Å². The van der Waals surface area contributed by atoms with Crippen molar-refractivity contribution in [1.29, 1.82) is 0 Å². The van der Waals surface area contributed by atoms with Gasteiger partial charge < -0.3 is 0 Å². The highest BCUT2D eigenvalue weighted by Crippen LogP contribution is 2.25. The zero-order valence-electron chi connectivity index (χ0n) is 7.95. The van der Waals surface area contributed by atoms with E-state index in [1.54, 1.807) is 12.3 Å². The summed E-state index contributed by atoms with van der Waals surface area (Å²) < 4.78 is 2.03. The second-order valence-electron chi connectivity index (χ2n) is 3.16. The number of fused-ring (bicyclic) bond motifs is 1. The van der Waals surface area contributed by atoms with Gasteiger partial charge in [-0.2, -0.15) is 0 Å². The maximum absolute atomic E-state index is 11.9. The van der Waals surface area contributed by atoms with E-state index < -0.39 is 0 Å². The Bertz CT molecular complexity index is 563. The molecule has 5 heteroatoms. The van der Waals surface area contributed by atoms with Crippen LogP contribution in [0.2, 0.25) is 0 Å². The zero-order valence-corrected chi connectivity index (χ0v) is 11.1. The van der Waals surface area contributed by atoms with Crippen molar-refractivity contribution in [2.45, 2.75) is 11.8 Å². The first-order valence-corrected chi connectivity index (χ1v) is 6.13. The van der Waals surface area contributed by atoms with Gasteiger partial charge in [0.2, 0.25) is 0 Å². The quantitative estimate of drug-likeness (QED) is 0.753. The predicted octanol–water partition coefficient (Wildman–Crippen LogP) is 2.91. The van der Waals surface area contributed by atoms with E-state index in [1.165, 1.54) is 4.40 Å². The molecule has 0 aliphatic rings. The average Bonchev–Trinajstić information content (AvgIpc) is 2.23. The minimum Gasteiger partial charge on any atom is -0.268 e. The fraction of sp³-hybridized carbons (Fsp3) is 0.200. The largest absolute Gasteiger partial charge is 0.272 e. The van der Waals surface area contributed by atoms with Crippen LogP contribution in [0.15, 0.2) is 33.7 Å². The van der Waals surface area contributed by atoms with Gasteiger partial charge in [0, 0.05) is 6.20 Å². The summed E-state index contributed by atoms with van der Waals surface area (Å²) in [6.07, 6.45) is 1.71. The Morgan fingerprint density at radius 1 is 1.47 bits per heavy atom.